The number of aryl methyl sites for hydroxylation is 1. The molecular weight excluding hydrogens is 296 g/mol. The molecule has 3 aromatic rings. The predicted molar refractivity (Wildman–Crippen MR) is 82.0 cm³/mol. The summed E-state index contributed by atoms with van der Waals surface area (Å²) in [4.78, 5) is 4.63. The third-order valence-corrected chi connectivity index (χ3v) is 5.82. The number of fused-ring (bicyclic) bond motifs is 1. The third-order valence-electron chi connectivity index (χ3n) is 2.69. The van der Waals surface area contributed by atoms with Crippen LogP contribution in [0.25, 0.3) is 11.0 Å². The van der Waals surface area contributed by atoms with Crippen LogP contribution in [0.2, 0.25) is 0 Å². The summed E-state index contributed by atoms with van der Waals surface area (Å²) in [5, 5.41) is 10.3. The second-order valence-corrected chi connectivity index (χ2v) is 6.95. The fourth-order valence-corrected chi connectivity index (χ4v) is 4.04. The average Bonchev–Trinajstić information content (AvgIpc) is 3.02. The van der Waals surface area contributed by atoms with Gasteiger partial charge in [0.05, 0.1) is 16.8 Å². The number of para-hydroxylation sites is 2. The van der Waals surface area contributed by atoms with Gasteiger partial charge in [0.25, 0.3) is 0 Å². The fourth-order valence-electron chi connectivity index (χ4n) is 1.76. The zero-order valence-electron chi connectivity index (χ0n) is 10.5. The second kappa shape index (κ2) is 5.52. The normalized spacial score (nSPS) is 11.3. The van der Waals surface area contributed by atoms with Crippen LogP contribution in [0.1, 0.15) is 5.01 Å². The van der Waals surface area contributed by atoms with E-state index in [1.54, 1.807) is 34.9 Å². The smallest absolute Gasteiger partial charge is 0.174 e. The molecule has 2 heterocycles. The van der Waals surface area contributed by atoms with Crippen molar-refractivity contribution >= 4 is 45.9 Å². The van der Waals surface area contributed by atoms with Crippen LogP contribution in [-0.4, -0.2) is 26.0 Å². The molecule has 0 saturated carbocycles. The zero-order chi connectivity index (χ0) is 13.2. The highest BCUT2D eigenvalue weighted by atomic mass is 32.2. The van der Waals surface area contributed by atoms with Crippen molar-refractivity contribution in [3.63, 3.8) is 0 Å². The zero-order valence-corrected chi connectivity index (χ0v) is 13.0. The van der Waals surface area contributed by atoms with Crippen LogP contribution in [-0.2, 0) is 12.8 Å². The van der Waals surface area contributed by atoms with E-state index in [4.69, 9.17) is 0 Å². The lowest BCUT2D eigenvalue weighted by atomic mass is 10.3. The quantitative estimate of drug-likeness (QED) is 0.691. The summed E-state index contributed by atoms with van der Waals surface area (Å²) < 4.78 is 3.14. The van der Waals surface area contributed by atoms with Crippen LogP contribution >= 0.6 is 34.9 Å². The predicted octanol–water partition coefficient (Wildman–Crippen LogP) is 3.44. The van der Waals surface area contributed by atoms with Crippen molar-refractivity contribution in [1.29, 1.82) is 0 Å². The Morgan fingerprint density at radius 1 is 1.26 bits per heavy atom. The largest absolute Gasteiger partial charge is 0.322 e. The Hall–Kier alpha value is -1.05. The minimum absolute atomic E-state index is 0.815. The molecule has 0 bridgehead atoms. The SMILES string of the molecule is CSc1nnc(CSc2nc3ccccc3n2C)s1. The molecule has 0 aliphatic rings. The minimum atomic E-state index is 0.815. The molecule has 0 N–H and O–H groups in total. The maximum atomic E-state index is 4.63. The molecular formula is C12H12N4S3. The summed E-state index contributed by atoms with van der Waals surface area (Å²) in [6.45, 7) is 0. The molecule has 0 fully saturated rings. The summed E-state index contributed by atoms with van der Waals surface area (Å²) >= 11 is 4.98. The van der Waals surface area contributed by atoms with Crippen molar-refractivity contribution in [3.8, 4) is 0 Å². The first-order valence-corrected chi connectivity index (χ1v) is 8.71. The van der Waals surface area contributed by atoms with Crippen LogP contribution in [0, 0.1) is 0 Å². The van der Waals surface area contributed by atoms with E-state index in [1.165, 1.54) is 0 Å². The summed E-state index contributed by atoms with van der Waals surface area (Å²) in [7, 11) is 2.05. The molecule has 0 unspecified atom stereocenters. The maximum Gasteiger partial charge on any atom is 0.174 e. The first-order valence-electron chi connectivity index (χ1n) is 5.68. The topological polar surface area (TPSA) is 43.6 Å². The van der Waals surface area contributed by atoms with E-state index in [0.717, 1.165) is 31.3 Å². The van der Waals surface area contributed by atoms with E-state index >= 15 is 0 Å². The third kappa shape index (κ3) is 2.63. The highest BCUT2D eigenvalue weighted by Gasteiger charge is 2.09. The molecule has 0 spiro atoms. The molecule has 98 valence electrons. The van der Waals surface area contributed by atoms with Crippen molar-refractivity contribution in [3.05, 3.63) is 29.3 Å². The molecule has 0 amide bonds. The van der Waals surface area contributed by atoms with E-state index < -0.39 is 0 Å². The summed E-state index contributed by atoms with van der Waals surface area (Å²) in [6.07, 6.45) is 2.02. The molecule has 19 heavy (non-hydrogen) atoms. The van der Waals surface area contributed by atoms with Crippen molar-refractivity contribution in [2.75, 3.05) is 6.26 Å². The van der Waals surface area contributed by atoms with E-state index in [0.29, 0.717) is 0 Å². The second-order valence-electron chi connectivity index (χ2n) is 3.90. The monoisotopic (exact) mass is 308 g/mol. The van der Waals surface area contributed by atoms with Gasteiger partial charge < -0.3 is 4.57 Å². The number of thioether (sulfide) groups is 2. The lowest BCUT2D eigenvalue weighted by molar-refractivity contribution is 0.814. The molecule has 3 rings (SSSR count). The molecule has 1 aromatic carbocycles. The van der Waals surface area contributed by atoms with Crippen LogP contribution in [0.5, 0.6) is 0 Å². The number of imidazole rings is 1. The van der Waals surface area contributed by atoms with Gasteiger partial charge in [0.15, 0.2) is 9.50 Å². The Kier molecular flexibility index (Phi) is 3.76. The van der Waals surface area contributed by atoms with Crippen molar-refractivity contribution < 1.29 is 0 Å². The van der Waals surface area contributed by atoms with Gasteiger partial charge in [-0.1, -0.05) is 47.0 Å². The number of aromatic nitrogens is 4. The van der Waals surface area contributed by atoms with Gasteiger partial charge in [0.2, 0.25) is 0 Å². The Morgan fingerprint density at radius 3 is 2.84 bits per heavy atom. The molecule has 7 heteroatoms. The van der Waals surface area contributed by atoms with Gasteiger partial charge in [0, 0.05) is 7.05 Å². The molecule has 0 atom stereocenters. The van der Waals surface area contributed by atoms with Crippen LogP contribution in [0.3, 0.4) is 0 Å². The lowest BCUT2D eigenvalue weighted by Gasteiger charge is -1.99. The summed E-state index contributed by atoms with van der Waals surface area (Å²) in [5.41, 5.74) is 2.20. The Balaban J connectivity index is 1.79. The Bertz CT molecular complexity index is 704. The molecule has 0 saturated heterocycles. The fraction of sp³-hybridized carbons (Fsp3) is 0.250. The number of hydrogen-bond donors (Lipinski definition) is 0. The highest BCUT2D eigenvalue weighted by molar-refractivity contribution is 8.00. The Labute approximate surface area is 123 Å². The maximum absolute atomic E-state index is 4.63. The summed E-state index contributed by atoms with van der Waals surface area (Å²) in [6, 6.07) is 8.17. The lowest BCUT2D eigenvalue weighted by Crippen LogP contribution is -1.91. The number of rotatable bonds is 4. The molecule has 0 aliphatic heterocycles. The van der Waals surface area contributed by atoms with Gasteiger partial charge >= 0.3 is 0 Å². The van der Waals surface area contributed by atoms with Crippen LogP contribution in [0.15, 0.2) is 33.8 Å². The molecule has 4 nitrogen and oxygen atoms in total. The van der Waals surface area contributed by atoms with Gasteiger partial charge in [-0.15, -0.1) is 10.2 Å². The number of benzene rings is 1. The van der Waals surface area contributed by atoms with Gasteiger partial charge in [-0.3, -0.25) is 0 Å². The molecule has 0 aliphatic carbocycles. The number of nitrogens with zero attached hydrogens (tertiary/aromatic N) is 4. The molecule has 0 radical (unpaired) electrons. The minimum Gasteiger partial charge on any atom is -0.322 e. The van der Waals surface area contributed by atoms with E-state index in [2.05, 4.69) is 25.8 Å². The van der Waals surface area contributed by atoms with Gasteiger partial charge in [-0.2, -0.15) is 0 Å². The van der Waals surface area contributed by atoms with Gasteiger partial charge in [0.1, 0.15) is 5.01 Å². The van der Waals surface area contributed by atoms with Gasteiger partial charge in [-0.25, -0.2) is 4.98 Å². The average molecular weight is 308 g/mol. The standard InChI is InChI=1S/C12H12N4S3/c1-16-9-6-4-3-5-8(9)13-11(16)18-7-10-14-15-12(17-2)19-10/h3-6H,7H2,1-2H3. The van der Waals surface area contributed by atoms with E-state index in [1.807, 2.05) is 31.5 Å². The summed E-state index contributed by atoms with van der Waals surface area (Å²) in [5.74, 6) is 0.815. The first kappa shape index (κ1) is 13.0. The van der Waals surface area contributed by atoms with Crippen molar-refractivity contribution in [2.24, 2.45) is 7.05 Å². The highest BCUT2D eigenvalue weighted by Crippen LogP contribution is 2.28. The van der Waals surface area contributed by atoms with Crippen molar-refractivity contribution in [2.45, 2.75) is 15.2 Å². The van der Waals surface area contributed by atoms with Crippen molar-refractivity contribution in [1.82, 2.24) is 19.7 Å². The first-order chi connectivity index (χ1) is 9.28. The van der Waals surface area contributed by atoms with Crippen LogP contribution < -0.4 is 0 Å². The molecule has 2 aromatic heterocycles. The Morgan fingerprint density at radius 2 is 2.11 bits per heavy atom. The van der Waals surface area contributed by atoms with Crippen LogP contribution in [0.4, 0.5) is 0 Å². The van der Waals surface area contributed by atoms with E-state index in [9.17, 15) is 0 Å². The van der Waals surface area contributed by atoms with E-state index in [-0.39, 0.29) is 0 Å². The van der Waals surface area contributed by atoms with Gasteiger partial charge in [-0.05, 0) is 18.4 Å². The number of hydrogen-bond acceptors (Lipinski definition) is 6.